The molecule has 1 rings (SSSR count). The third-order valence-electron chi connectivity index (χ3n) is 2.82. The first-order valence-corrected chi connectivity index (χ1v) is 6.73. The summed E-state index contributed by atoms with van der Waals surface area (Å²) < 4.78 is 28.3. The number of likely N-dealkylation sites (N-methyl/N-ethyl adjacent to an activating group) is 1. The number of rotatable bonds is 7. The zero-order valence-electron chi connectivity index (χ0n) is 12.1. The number of benzene rings is 1. The van der Waals surface area contributed by atoms with Gasteiger partial charge in [0.05, 0.1) is 6.42 Å². The molecular formula is C15H21F2NO2. The molecule has 0 aliphatic rings. The second kappa shape index (κ2) is 7.82. The van der Waals surface area contributed by atoms with Gasteiger partial charge in [-0.15, -0.1) is 0 Å². The highest BCUT2D eigenvalue weighted by Crippen LogP contribution is 2.15. The second-order valence-electron chi connectivity index (χ2n) is 5.03. The molecule has 1 aromatic carbocycles. The van der Waals surface area contributed by atoms with Gasteiger partial charge in [-0.2, -0.15) is 8.78 Å². The van der Waals surface area contributed by atoms with Crippen LogP contribution in [0.1, 0.15) is 26.3 Å². The number of halogens is 2. The lowest BCUT2D eigenvalue weighted by atomic mass is 10.1. The molecule has 0 fully saturated rings. The van der Waals surface area contributed by atoms with Gasteiger partial charge < -0.3 is 9.64 Å². The van der Waals surface area contributed by atoms with Crippen LogP contribution < -0.4 is 4.74 Å². The molecule has 0 saturated heterocycles. The molecule has 0 saturated carbocycles. The van der Waals surface area contributed by atoms with E-state index in [2.05, 4.69) is 18.6 Å². The molecule has 0 heterocycles. The van der Waals surface area contributed by atoms with E-state index in [1.54, 1.807) is 17.0 Å². The second-order valence-corrected chi connectivity index (χ2v) is 5.03. The summed E-state index contributed by atoms with van der Waals surface area (Å²) in [5.74, 6) is 0.565. The Labute approximate surface area is 118 Å². The van der Waals surface area contributed by atoms with Crippen molar-refractivity contribution in [3.05, 3.63) is 29.8 Å². The minimum Gasteiger partial charge on any atom is -0.435 e. The average molecular weight is 285 g/mol. The number of alkyl halides is 2. The molecule has 0 atom stereocenters. The van der Waals surface area contributed by atoms with Crippen molar-refractivity contribution in [2.45, 2.75) is 33.8 Å². The molecular weight excluding hydrogens is 264 g/mol. The van der Waals surface area contributed by atoms with E-state index in [1.165, 1.54) is 12.1 Å². The average Bonchev–Trinajstić information content (AvgIpc) is 2.37. The van der Waals surface area contributed by atoms with Crippen molar-refractivity contribution in [1.82, 2.24) is 4.90 Å². The summed E-state index contributed by atoms with van der Waals surface area (Å²) in [7, 11) is 0. The number of hydrogen-bond donors (Lipinski definition) is 0. The van der Waals surface area contributed by atoms with Crippen molar-refractivity contribution in [1.29, 1.82) is 0 Å². The first-order chi connectivity index (χ1) is 9.42. The van der Waals surface area contributed by atoms with Crippen molar-refractivity contribution in [3.63, 3.8) is 0 Å². The summed E-state index contributed by atoms with van der Waals surface area (Å²) in [5, 5.41) is 0. The van der Waals surface area contributed by atoms with Gasteiger partial charge in [0.15, 0.2) is 0 Å². The summed E-state index contributed by atoms with van der Waals surface area (Å²) in [6.07, 6.45) is 0.273. The highest BCUT2D eigenvalue weighted by atomic mass is 19.3. The van der Waals surface area contributed by atoms with Crippen molar-refractivity contribution in [2.24, 2.45) is 5.92 Å². The van der Waals surface area contributed by atoms with Crippen LogP contribution >= 0.6 is 0 Å². The molecule has 5 heteroatoms. The Morgan fingerprint density at radius 1 is 1.25 bits per heavy atom. The molecule has 0 radical (unpaired) electrons. The molecule has 3 nitrogen and oxygen atoms in total. The Bertz CT molecular complexity index is 418. The van der Waals surface area contributed by atoms with E-state index in [0.717, 1.165) is 12.1 Å². The Morgan fingerprint density at radius 3 is 2.30 bits per heavy atom. The van der Waals surface area contributed by atoms with Gasteiger partial charge in [0.2, 0.25) is 5.91 Å². The SMILES string of the molecule is CCN(CC(C)C)C(=O)Cc1ccc(OC(F)F)cc1. The smallest absolute Gasteiger partial charge is 0.387 e. The summed E-state index contributed by atoms with van der Waals surface area (Å²) in [6, 6.07) is 6.18. The van der Waals surface area contributed by atoms with Crippen molar-refractivity contribution >= 4 is 5.91 Å². The fraction of sp³-hybridized carbons (Fsp3) is 0.533. The molecule has 0 aromatic heterocycles. The lowest BCUT2D eigenvalue weighted by molar-refractivity contribution is -0.130. The largest absolute Gasteiger partial charge is 0.435 e. The monoisotopic (exact) mass is 285 g/mol. The predicted molar refractivity (Wildman–Crippen MR) is 73.9 cm³/mol. The van der Waals surface area contributed by atoms with Crippen LogP contribution in [0.25, 0.3) is 0 Å². The third-order valence-corrected chi connectivity index (χ3v) is 2.82. The van der Waals surface area contributed by atoms with E-state index < -0.39 is 6.61 Å². The number of nitrogens with zero attached hydrogens (tertiary/aromatic N) is 1. The molecule has 1 amide bonds. The molecule has 0 spiro atoms. The van der Waals surface area contributed by atoms with Crippen molar-refractivity contribution < 1.29 is 18.3 Å². The van der Waals surface area contributed by atoms with E-state index in [1.807, 2.05) is 6.92 Å². The maximum Gasteiger partial charge on any atom is 0.387 e. The van der Waals surface area contributed by atoms with Crippen LogP contribution in [-0.2, 0) is 11.2 Å². The fourth-order valence-electron chi connectivity index (χ4n) is 1.92. The van der Waals surface area contributed by atoms with Gasteiger partial charge in [-0.3, -0.25) is 4.79 Å². The van der Waals surface area contributed by atoms with Crippen LogP contribution in [0.2, 0.25) is 0 Å². The van der Waals surface area contributed by atoms with Gasteiger partial charge in [0.1, 0.15) is 5.75 Å². The number of amides is 1. The first kappa shape index (κ1) is 16.4. The standard InChI is InChI=1S/C15H21F2NO2/c1-4-18(10-11(2)3)14(19)9-12-5-7-13(8-6-12)20-15(16)17/h5-8,11,15H,4,9-10H2,1-3H3. The number of hydrogen-bond acceptors (Lipinski definition) is 2. The lowest BCUT2D eigenvalue weighted by Gasteiger charge is -2.23. The van der Waals surface area contributed by atoms with E-state index in [4.69, 9.17) is 0 Å². The van der Waals surface area contributed by atoms with Gasteiger partial charge in [-0.25, -0.2) is 0 Å². The fourth-order valence-corrected chi connectivity index (χ4v) is 1.92. The summed E-state index contributed by atoms with van der Waals surface area (Å²) >= 11 is 0. The molecule has 0 bridgehead atoms. The Hall–Kier alpha value is -1.65. The van der Waals surface area contributed by atoms with E-state index in [9.17, 15) is 13.6 Å². The quantitative estimate of drug-likeness (QED) is 0.769. The van der Waals surface area contributed by atoms with E-state index in [0.29, 0.717) is 12.5 Å². The van der Waals surface area contributed by atoms with Crippen LogP contribution in [0.4, 0.5) is 8.78 Å². The molecule has 1 aromatic rings. The van der Waals surface area contributed by atoms with Gasteiger partial charge in [-0.1, -0.05) is 26.0 Å². The van der Waals surface area contributed by atoms with Crippen molar-refractivity contribution in [3.8, 4) is 5.75 Å². The zero-order valence-corrected chi connectivity index (χ0v) is 12.1. The number of carbonyl (C=O) groups is 1. The van der Waals surface area contributed by atoms with E-state index >= 15 is 0 Å². The normalized spacial score (nSPS) is 10.9. The van der Waals surface area contributed by atoms with Crippen LogP contribution in [0, 0.1) is 5.92 Å². The Morgan fingerprint density at radius 2 is 1.85 bits per heavy atom. The molecule has 0 unspecified atom stereocenters. The summed E-state index contributed by atoms with van der Waals surface area (Å²) in [4.78, 5) is 13.9. The zero-order chi connectivity index (χ0) is 15.1. The Kier molecular flexibility index (Phi) is 6.42. The number of ether oxygens (including phenoxy) is 1. The minimum atomic E-state index is -2.83. The predicted octanol–water partition coefficient (Wildman–Crippen LogP) is 3.34. The lowest BCUT2D eigenvalue weighted by Crippen LogP contribution is -2.35. The van der Waals surface area contributed by atoms with E-state index in [-0.39, 0.29) is 18.1 Å². The first-order valence-electron chi connectivity index (χ1n) is 6.73. The van der Waals surface area contributed by atoms with Gasteiger partial charge >= 0.3 is 6.61 Å². The van der Waals surface area contributed by atoms with Crippen LogP contribution in [0.5, 0.6) is 5.75 Å². The molecule has 20 heavy (non-hydrogen) atoms. The van der Waals surface area contributed by atoms with Gasteiger partial charge in [-0.05, 0) is 30.5 Å². The third kappa shape index (κ3) is 5.55. The highest BCUT2D eigenvalue weighted by Gasteiger charge is 2.13. The summed E-state index contributed by atoms with van der Waals surface area (Å²) in [5.41, 5.74) is 0.791. The summed E-state index contributed by atoms with van der Waals surface area (Å²) in [6.45, 7) is 4.63. The maximum absolute atomic E-state index is 12.1. The van der Waals surface area contributed by atoms with Crippen LogP contribution in [0.3, 0.4) is 0 Å². The van der Waals surface area contributed by atoms with Crippen LogP contribution in [-0.4, -0.2) is 30.5 Å². The molecule has 0 N–H and O–H groups in total. The van der Waals surface area contributed by atoms with Gasteiger partial charge in [0.25, 0.3) is 0 Å². The topological polar surface area (TPSA) is 29.5 Å². The maximum atomic E-state index is 12.1. The van der Waals surface area contributed by atoms with Crippen LogP contribution in [0.15, 0.2) is 24.3 Å². The minimum absolute atomic E-state index is 0.0451. The van der Waals surface area contributed by atoms with Crippen molar-refractivity contribution in [2.75, 3.05) is 13.1 Å². The highest BCUT2D eigenvalue weighted by molar-refractivity contribution is 5.78. The number of carbonyl (C=O) groups excluding carboxylic acids is 1. The molecule has 0 aliphatic carbocycles. The Balaban J connectivity index is 2.61. The van der Waals surface area contributed by atoms with Gasteiger partial charge in [0, 0.05) is 13.1 Å². The molecule has 112 valence electrons. The molecule has 0 aliphatic heterocycles.